The molecule has 0 unspecified atom stereocenters. The van der Waals surface area contributed by atoms with Crippen molar-refractivity contribution in [2.75, 3.05) is 6.61 Å². The highest BCUT2D eigenvalue weighted by molar-refractivity contribution is 5.89. The van der Waals surface area contributed by atoms with Gasteiger partial charge >= 0.3 is 11.7 Å². The van der Waals surface area contributed by atoms with Crippen molar-refractivity contribution in [2.45, 2.75) is 6.42 Å². The predicted octanol–water partition coefficient (Wildman–Crippen LogP) is -0.447. The average Bonchev–Trinajstić information content (AvgIpc) is 2.51. The number of ether oxygens (including phenoxy) is 1. The van der Waals surface area contributed by atoms with Crippen molar-refractivity contribution in [2.24, 2.45) is 0 Å². The Hall–Kier alpha value is -2.11. The summed E-state index contributed by atoms with van der Waals surface area (Å²) < 4.78 is 4.53. The van der Waals surface area contributed by atoms with Crippen LogP contribution in [0.3, 0.4) is 0 Å². The largest absolute Gasteiger partial charge is 0.462 e. The van der Waals surface area contributed by atoms with Crippen molar-refractivity contribution < 1.29 is 9.53 Å². The normalized spacial score (nSPS) is 14.1. The van der Waals surface area contributed by atoms with E-state index in [9.17, 15) is 14.4 Å². The van der Waals surface area contributed by atoms with Gasteiger partial charge in [0.2, 0.25) is 0 Å². The molecule has 6 heteroatoms. The smallest absolute Gasteiger partial charge is 0.333 e. The zero-order valence-electron chi connectivity index (χ0n) is 7.91. The zero-order valence-corrected chi connectivity index (χ0v) is 7.91. The first-order valence-electron chi connectivity index (χ1n) is 4.22. The van der Waals surface area contributed by atoms with E-state index in [-0.39, 0.29) is 11.5 Å². The first-order valence-corrected chi connectivity index (χ1v) is 4.22. The van der Waals surface area contributed by atoms with Crippen LogP contribution in [0.5, 0.6) is 0 Å². The van der Waals surface area contributed by atoms with E-state index in [4.69, 9.17) is 0 Å². The summed E-state index contributed by atoms with van der Waals surface area (Å²) in [6.07, 6.45) is 2.00. The highest BCUT2D eigenvalue weighted by atomic mass is 16.5. The SMILES string of the molecule is C=C1CCOC1=O.O=c1cc[nH]c(=O)[nH]1. The first kappa shape index (κ1) is 11.0. The minimum atomic E-state index is -0.475. The lowest BCUT2D eigenvalue weighted by Crippen LogP contribution is -2.19. The number of carbonyl (C=O) groups is 1. The molecule has 0 saturated carbocycles. The molecule has 0 radical (unpaired) electrons. The van der Waals surface area contributed by atoms with E-state index in [2.05, 4.69) is 16.3 Å². The van der Waals surface area contributed by atoms with Gasteiger partial charge in [0.15, 0.2) is 0 Å². The number of nitrogens with one attached hydrogen (secondary N) is 2. The summed E-state index contributed by atoms with van der Waals surface area (Å²) in [6.45, 7) is 3.99. The van der Waals surface area contributed by atoms with Gasteiger partial charge in [0.1, 0.15) is 0 Å². The Morgan fingerprint density at radius 3 is 2.33 bits per heavy atom. The van der Waals surface area contributed by atoms with Crippen molar-refractivity contribution in [1.82, 2.24) is 9.97 Å². The van der Waals surface area contributed by atoms with Crippen LogP contribution in [0.15, 0.2) is 34.0 Å². The molecule has 6 nitrogen and oxygen atoms in total. The fraction of sp³-hybridized carbons (Fsp3) is 0.222. The molecular weight excluding hydrogens is 200 g/mol. The number of rotatable bonds is 0. The van der Waals surface area contributed by atoms with Gasteiger partial charge in [-0.1, -0.05) is 6.58 Å². The lowest BCUT2D eigenvalue weighted by Gasteiger charge is -1.82. The summed E-state index contributed by atoms with van der Waals surface area (Å²) in [5.41, 5.74) is -0.258. The van der Waals surface area contributed by atoms with Crippen molar-refractivity contribution in [3.05, 3.63) is 45.3 Å². The molecule has 15 heavy (non-hydrogen) atoms. The highest BCUT2D eigenvalue weighted by Crippen LogP contribution is 2.08. The molecule has 0 amide bonds. The second kappa shape index (κ2) is 4.94. The second-order valence-corrected chi connectivity index (χ2v) is 2.79. The molecular formula is C9H10N2O4. The number of hydrogen-bond acceptors (Lipinski definition) is 4. The fourth-order valence-electron chi connectivity index (χ4n) is 0.854. The molecule has 0 aliphatic carbocycles. The van der Waals surface area contributed by atoms with Gasteiger partial charge in [0.25, 0.3) is 5.56 Å². The highest BCUT2D eigenvalue weighted by Gasteiger charge is 2.14. The minimum Gasteiger partial charge on any atom is -0.462 e. The van der Waals surface area contributed by atoms with Crippen LogP contribution in [-0.4, -0.2) is 22.5 Å². The molecule has 1 fully saturated rings. The Balaban J connectivity index is 0.000000151. The quantitative estimate of drug-likeness (QED) is 0.448. The third kappa shape index (κ3) is 3.63. The van der Waals surface area contributed by atoms with E-state index in [1.807, 2.05) is 4.98 Å². The maximum Gasteiger partial charge on any atom is 0.333 e. The summed E-state index contributed by atoms with van der Waals surface area (Å²) in [7, 11) is 0. The topological polar surface area (TPSA) is 92.0 Å². The summed E-state index contributed by atoms with van der Waals surface area (Å²) in [6, 6.07) is 1.24. The molecule has 2 heterocycles. The number of cyclic esters (lactones) is 1. The lowest BCUT2D eigenvalue weighted by molar-refractivity contribution is -0.135. The van der Waals surface area contributed by atoms with Crippen LogP contribution in [0.1, 0.15) is 6.42 Å². The van der Waals surface area contributed by atoms with E-state index >= 15 is 0 Å². The minimum absolute atomic E-state index is 0.236. The van der Waals surface area contributed by atoms with Crippen LogP contribution >= 0.6 is 0 Å². The zero-order chi connectivity index (χ0) is 11.3. The van der Waals surface area contributed by atoms with E-state index in [0.717, 1.165) is 0 Å². The standard InChI is InChI=1S/C5H6O2.C4H4N2O2/c1-4-2-3-7-5(4)6;7-3-1-2-5-4(8)6-3/h1-3H2;1-2H,(H2,5,6,7,8). The van der Waals surface area contributed by atoms with Crippen molar-refractivity contribution in [1.29, 1.82) is 0 Å². The van der Waals surface area contributed by atoms with Gasteiger partial charge in [0, 0.05) is 24.3 Å². The number of aromatic amines is 2. The van der Waals surface area contributed by atoms with Crippen LogP contribution in [-0.2, 0) is 9.53 Å². The average molecular weight is 210 g/mol. The number of H-pyrrole nitrogens is 2. The van der Waals surface area contributed by atoms with Crippen molar-refractivity contribution in [3.8, 4) is 0 Å². The molecule has 0 spiro atoms. The van der Waals surface area contributed by atoms with Gasteiger partial charge in [-0.2, -0.15) is 0 Å². The number of esters is 1. The van der Waals surface area contributed by atoms with E-state index in [0.29, 0.717) is 18.6 Å². The second-order valence-electron chi connectivity index (χ2n) is 2.79. The molecule has 0 atom stereocenters. The Bertz CT molecular complexity index is 432. The molecule has 0 aromatic carbocycles. The lowest BCUT2D eigenvalue weighted by atomic mass is 10.3. The molecule has 1 aliphatic rings. The monoisotopic (exact) mass is 210 g/mol. The van der Waals surface area contributed by atoms with Gasteiger partial charge in [-0.05, 0) is 0 Å². The summed E-state index contributed by atoms with van der Waals surface area (Å²) in [4.78, 5) is 34.9. The van der Waals surface area contributed by atoms with Crippen LogP contribution < -0.4 is 11.2 Å². The summed E-state index contributed by atoms with van der Waals surface area (Å²) in [5.74, 6) is -0.236. The maximum atomic E-state index is 10.3. The predicted molar refractivity (Wildman–Crippen MR) is 52.4 cm³/mol. The molecule has 1 aliphatic heterocycles. The molecule has 2 N–H and O–H groups in total. The number of hydrogen-bond donors (Lipinski definition) is 2. The van der Waals surface area contributed by atoms with E-state index in [1.54, 1.807) is 0 Å². The van der Waals surface area contributed by atoms with Crippen molar-refractivity contribution in [3.63, 3.8) is 0 Å². The summed E-state index contributed by atoms with van der Waals surface area (Å²) in [5, 5.41) is 0. The Morgan fingerprint density at radius 1 is 1.33 bits per heavy atom. The van der Waals surface area contributed by atoms with Gasteiger partial charge in [-0.3, -0.25) is 9.78 Å². The number of aromatic nitrogens is 2. The van der Waals surface area contributed by atoms with Gasteiger partial charge in [-0.25, -0.2) is 9.59 Å². The molecule has 1 saturated heterocycles. The van der Waals surface area contributed by atoms with E-state index in [1.165, 1.54) is 12.3 Å². The molecule has 0 bridgehead atoms. The van der Waals surface area contributed by atoms with Gasteiger partial charge in [-0.15, -0.1) is 0 Å². The van der Waals surface area contributed by atoms with Crippen LogP contribution in [0.2, 0.25) is 0 Å². The Labute approximate surface area is 84.6 Å². The van der Waals surface area contributed by atoms with Crippen LogP contribution in [0.4, 0.5) is 0 Å². The third-order valence-electron chi connectivity index (χ3n) is 1.61. The van der Waals surface area contributed by atoms with Crippen molar-refractivity contribution >= 4 is 5.97 Å². The third-order valence-corrected chi connectivity index (χ3v) is 1.61. The molecule has 1 aromatic heterocycles. The molecule has 2 rings (SSSR count). The Morgan fingerprint density at radius 2 is 2.07 bits per heavy atom. The molecule has 1 aromatic rings. The van der Waals surface area contributed by atoms with Crippen LogP contribution in [0, 0.1) is 0 Å². The van der Waals surface area contributed by atoms with Gasteiger partial charge in [0.05, 0.1) is 6.61 Å². The van der Waals surface area contributed by atoms with E-state index < -0.39 is 5.69 Å². The van der Waals surface area contributed by atoms with Gasteiger partial charge < -0.3 is 9.72 Å². The molecule has 80 valence electrons. The first-order chi connectivity index (χ1) is 7.09. The Kier molecular flexibility index (Phi) is 3.61. The summed E-state index contributed by atoms with van der Waals surface area (Å²) >= 11 is 0. The van der Waals surface area contributed by atoms with Crippen LogP contribution in [0.25, 0.3) is 0 Å². The number of carbonyl (C=O) groups excluding carboxylic acids is 1. The maximum absolute atomic E-state index is 10.3. The fourth-order valence-corrected chi connectivity index (χ4v) is 0.854.